The van der Waals surface area contributed by atoms with E-state index in [2.05, 4.69) is 31.9 Å². The fourth-order valence-electron chi connectivity index (χ4n) is 1.68. The second-order valence-corrected chi connectivity index (χ2v) is 7.06. The van der Waals surface area contributed by atoms with Crippen LogP contribution in [0, 0.1) is 0 Å². The van der Waals surface area contributed by atoms with Crippen LogP contribution in [0.2, 0.25) is 0 Å². The lowest BCUT2D eigenvalue weighted by atomic mass is 10.3. The molecule has 0 spiro atoms. The van der Waals surface area contributed by atoms with E-state index in [0.29, 0.717) is 11.4 Å². The maximum Gasteiger partial charge on any atom is 0.261 e. The van der Waals surface area contributed by atoms with Crippen molar-refractivity contribution < 1.29 is 9.59 Å². The Hall–Kier alpha value is -0.920. The Bertz CT molecular complexity index is 485. The van der Waals surface area contributed by atoms with E-state index < -0.39 is 0 Å². The standard InChI is InChI=1S/C12H16BrN3O2S/c1-14-12(4-5-12)7-16-10(17)6-15-11(18)8-2-3-9(13)19-8/h2-3,14H,4-7H2,1H3,(H,15,18)(H,16,17). The third-order valence-electron chi connectivity index (χ3n) is 3.21. The summed E-state index contributed by atoms with van der Waals surface area (Å²) in [6.07, 6.45) is 2.17. The predicted molar refractivity (Wildman–Crippen MR) is 78.4 cm³/mol. The van der Waals surface area contributed by atoms with E-state index in [1.54, 1.807) is 6.07 Å². The van der Waals surface area contributed by atoms with Crippen LogP contribution in [-0.4, -0.2) is 37.5 Å². The van der Waals surface area contributed by atoms with Gasteiger partial charge < -0.3 is 16.0 Å². The second-order valence-electron chi connectivity index (χ2n) is 4.59. The van der Waals surface area contributed by atoms with Crippen LogP contribution in [0.25, 0.3) is 0 Å². The molecular formula is C12H16BrN3O2S. The number of carbonyl (C=O) groups is 2. The smallest absolute Gasteiger partial charge is 0.261 e. The molecule has 1 aromatic rings. The molecule has 104 valence electrons. The SMILES string of the molecule is CNC1(CNC(=O)CNC(=O)c2ccc(Br)s2)CC1. The zero-order valence-corrected chi connectivity index (χ0v) is 13.0. The Balaban J connectivity index is 1.70. The maximum absolute atomic E-state index is 11.7. The van der Waals surface area contributed by atoms with Crippen molar-refractivity contribution in [3.63, 3.8) is 0 Å². The number of thiophene rings is 1. The minimum atomic E-state index is -0.222. The first-order valence-electron chi connectivity index (χ1n) is 6.04. The summed E-state index contributed by atoms with van der Waals surface area (Å²) >= 11 is 4.64. The molecule has 1 saturated carbocycles. The summed E-state index contributed by atoms with van der Waals surface area (Å²) in [7, 11) is 1.90. The number of amides is 2. The van der Waals surface area contributed by atoms with Gasteiger partial charge in [0, 0.05) is 12.1 Å². The number of likely N-dealkylation sites (N-methyl/N-ethyl adjacent to an activating group) is 1. The molecule has 5 nitrogen and oxygen atoms in total. The number of hydrogen-bond donors (Lipinski definition) is 3. The van der Waals surface area contributed by atoms with E-state index >= 15 is 0 Å². The molecule has 0 unspecified atom stereocenters. The minimum absolute atomic E-state index is 0.00808. The van der Waals surface area contributed by atoms with Crippen molar-refractivity contribution in [2.24, 2.45) is 0 Å². The molecule has 0 bridgehead atoms. The summed E-state index contributed by atoms with van der Waals surface area (Å²) < 4.78 is 0.895. The first kappa shape index (κ1) is 14.5. The zero-order valence-electron chi connectivity index (χ0n) is 10.6. The van der Waals surface area contributed by atoms with Crippen LogP contribution in [0.5, 0.6) is 0 Å². The van der Waals surface area contributed by atoms with E-state index in [-0.39, 0.29) is 23.9 Å². The van der Waals surface area contributed by atoms with Crippen molar-refractivity contribution in [2.45, 2.75) is 18.4 Å². The normalized spacial score (nSPS) is 15.9. The number of rotatable bonds is 6. The molecule has 1 fully saturated rings. The van der Waals surface area contributed by atoms with E-state index in [1.807, 2.05) is 13.1 Å². The lowest BCUT2D eigenvalue weighted by Gasteiger charge is -2.14. The molecular weight excluding hydrogens is 330 g/mol. The van der Waals surface area contributed by atoms with Crippen molar-refractivity contribution >= 4 is 39.1 Å². The van der Waals surface area contributed by atoms with E-state index in [0.717, 1.165) is 16.6 Å². The van der Waals surface area contributed by atoms with Crippen molar-refractivity contribution in [1.29, 1.82) is 0 Å². The van der Waals surface area contributed by atoms with Crippen molar-refractivity contribution in [3.05, 3.63) is 20.8 Å². The highest BCUT2D eigenvalue weighted by Crippen LogP contribution is 2.33. The van der Waals surface area contributed by atoms with Gasteiger partial charge in [0.1, 0.15) is 0 Å². The molecule has 1 heterocycles. The van der Waals surface area contributed by atoms with Gasteiger partial charge >= 0.3 is 0 Å². The first-order chi connectivity index (χ1) is 9.04. The second kappa shape index (κ2) is 6.02. The van der Waals surface area contributed by atoms with Crippen molar-refractivity contribution in [3.8, 4) is 0 Å². The molecule has 0 atom stereocenters. The maximum atomic E-state index is 11.7. The number of halogens is 1. The van der Waals surface area contributed by atoms with Crippen molar-refractivity contribution in [1.82, 2.24) is 16.0 Å². The van der Waals surface area contributed by atoms with Crippen LogP contribution < -0.4 is 16.0 Å². The summed E-state index contributed by atoms with van der Waals surface area (Å²) in [6.45, 7) is 0.622. The molecule has 1 aliphatic carbocycles. The highest BCUT2D eigenvalue weighted by Gasteiger charge is 2.40. The molecule has 0 aliphatic heterocycles. The average Bonchev–Trinajstić information content (AvgIpc) is 3.07. The quantitative estimate of drug-likeness (QED) is 0.723. The lowest BCUT2D eigenvalue weighted by molar-refractivity contribution is -0.120. The van der Waals surface area contributed by atoms with Gasteiger partial charge in [-0.05, 0) is 48.0 Å². The molecule has 19 heavy (non-hydrogen) atoms. The first-order valence-corrected chi connectivity index (χ1v) is 7.65. The van der Waals surface area contributed by atoms with Gasteiger partial charge in [0.15, 0.2) is 0 Å². The van der Waals surface area contributed by atoms with Crippen LogP contribution in [0.15, 0.2) is 15.9 Å². The van der Waals surface area contributed by atoms with Gasteiger partial charge in [-0.3, -0.25) is 9.59 Å². The molecule has 2 amide bonds. The van der Waals surface area contributed by atoms with E-state index in [1.165, 1.54) is 11.3 Å². The molecule has 0 saturated heterocycles. The Labute approximate surface area is 124 Å². The fourth-order valence-corrected chi connectivity index (χ4v) is 2.98. The van der Waals surface area contributed by atoms with Crippen LogP contribution in [0.4, 0.5) is 0 Å². The fraction of sp³-hybridized carbons (Fsp3) is 0.500. The summed E-state index contributed by atoms with van der Waals surface area (Å²) in [5.41, 5.74) is 0.0816. The van der Waals surface area contributed by atoms with Gasteiger partial charge in [-0.1, -0.05) is 0 Å². The average molecular weight is 346 g/mol. The highest BCUT2D eigenvalue weighted by molar-refractivity contribution is 9.11. The number of nitrogens with one attached hydrogen (secondary N) is 3. The van der Waals surface area contributed by atoms with Crippen LogP contribution in [-0.2, 0) is 4.79 Å². The van der Waals surface area contributed by atoms with Gasteiger partial charge in [-0.2, -0.15) is 0 Å². The molecule has 0 aromatic carbocycles. The molecule has 1 aromatic heterocycles. The summed E-state index contributed by atoms with van der Waals surface area (Å²) in [6, 6.07) is 3.53. The molecule has 2 rings (SSSR count). The number of hydrogen-bond acceptors (Lipinski definition) is 4. The predicted octanol–water partition coefficient (Wildman–Crippen LogP) is 1.11. The topological polar surface area (TPSA) is 70.2 Å². The van der Waals surface area contributed by atoms with Gasteiger partial charge in [-0.25, -0.2) is 0 Å². The third-order valence-corrected chi connectivity index (χ3v) is 4.84. The highest BCUT2D eigenvalue weighted by atomic mass is 79.9. The molecule has 1 aliphatic rings. The van der Waals surface area contributed by atoms with Gasteiger partial charge in [0.05, 0.1) is 15.2 Å². The van der Waals surface area contributed by atoms with E-state index in [9.17, 15) is 9.59 Å². The summed E-state index contributed by atoms with van der Waals surface area (Å²) in [5.74, 6) is -0.383. The zero-order chi connectivity index (χ0) is 13.9. The largest absolute Gasteiger partial charge is 0.353 e. The molecule has 3 N–H and O–H groups in total. The van der Waals surface area contributed by atoms with Crippen LogP contribution in [0.1, 0.15) is 22.5 Å². The molecule has 7 heteroatoms. The van der Waals surface area contributed by atoms with Gasteiger partial charge in [0.25, 0.3) is 5.91 Å². The lowest BCUT2D eigenvalue weighted by Crippen LogP contribution is -2.44. The Kier molecular flexibility index (Phi) is 4.59. The third kappa shape index (κ3) is 4.02. The Morgan fingerprint density at radius 1 is 1.37 bits per heavy atom. The Morgan fingerprint density at radius 3 is 2.63 bits per heavy atom. The van der Waals surface area contributed by atoms with Crippen LogP contribution >= 0.6 is 27.3 Å². The van der Waals surface area contributed by atoms with Gasteiger partial charge in [-0.15, -0.1) is 11.3 Å². The van der Waals surface area contributed by atoms with E-state index in [4.69, 9.17) is 0 Å². The van der Waals surface area contributed by atoms with Crippen molar-refractivity contribution in [2.75, 3.05) is 20.1 Å². The summed E-state index contributed by atoms with van der Waals surface area (Å²) in [5, 5.41) is 8.63. The Morgan fingerprint density at radius 2 is 2.11 bits per heavy atom. The van der Waals surface area contributed by atoms with Gasteiger partial charge in [0.2, 0.25) is 5.91 Å². The molecule has 0 radical (unpaired) electrons. The monoisotopic (exact) mass is 345 g/mol. The summed E-state index contributed by atoms with van der Waals surface area (Å²) in [4.78, 5) is 23.9. The number of carbonyl (C=O) groups excluding carboxylic acids is 2. The minimum Gasteiger partial charge on any atom is -0.353 e. The van der Waals surface area contributed by atoms with Crippen LogP contribution in [0.3, 0.4) is 0 Å².